The fourth-order valence-electron chi connectivity index (χ4n) is 4.25. The van der Waals surface area contributed by atoms with Gasteiger partial charge in [0.15, 0.2) is 0 Å². The number of unbranched alkanes of at least 4 members (excludes halogenated alkanes) is 19. The van der Waals surface area contributed by atoms with Crippen molar-refractivity contribution in [3.8, 4) is 0 Å². The summed E-state index contributed by atoms with van der Waals surface area (Å²) in [6.45, 7) is 4.70. The van der Waals surface area contributed by atoms with Crippen LogP contribution in [0.1, 0.15) is 162 Å². The molecule has 30 heavy (non-hydrogen) atoms. The zero-order valence-electron chi connectivity index (χ0n) is 21.2. The highest BCUT2D eigenvalue weighted by molar-refractivity contribution is 5.68. The van der Waals surface area contributed by atoms with Crippen molar-refractivity contribution in [1.29, 1.82) is 0 Å². The summed E-state index contributed by atoms with van der Waals surface area (Å²) in [4.78, 5) is 11.0. The van der Waals surface area contributed by atoms with E-state index in [1.54, 1.807) is 0 Å². The normalized spacial score (nSPS) is 12.2. The maximum atomic E-state index is 11.0. The van der Waals surface area contributed by atoms with Gasteiger partial charge in [0.05, 0.1) is 7.11 Å². The van der Waals surface area contributed by atoms with Gasteiger partial charge in [0.25, 0.3) is 0 Å². The predicted octanol–water partition coefficient (Wildman–Crippen LogP) is 9.79. The van der Waals surface area contributed by atoms with Crippen LogP contribution in [0.4, 0.5) is 0 Å². The average Bonchev–Trinajstić information content (AvgIpc) is 2.76. The lowest BCUT2D eigenvalue weighted by Gasteiger charge is -2.07. The largest absolute Gasteiger partial charge is 0.469 e. The van der Waals surface area contributed by atoms with Crippen molar-refractivity contribution in [1.82, 2.24) is 0 Å². The standard InChI is InChI=1S/C28H56O2/c1-4-27(2)25-23-21-19-17-15-13-11-9-7-5-6-8-10-12-14-16-18-20-22-24-26-28(29)30-3/h27H,4-26H2,1-3H3. The second-order valence-corrected chi connectivity index (χ2v) is 9.70. The molecule has 1 atom stereocenters. The van der Waals surface area contributed by atoms with E-state index in [2.05, 4.69) is 18.6 Å². The SMILES string of the molecule is CCC(C)CCCCCCCCCCCCCCCCCCCCCCC(=O)OC. The smallest absolute Gasteiger partial charge is 0.305 e. The first-order valence-electron chi connectivity index (χ1n) is 13.8. The Labute approximate surface area is 190 Å². The number of hydrogen-bond donors (Lipinski definition) is 0. The Morgan fingerprint density at radius 1 is 0.567 bits per heavy atom. The quantitative estimate of drug-likeness (QED) is 0.114. The first kappa shape index (κ1) is 29.5. The lowest BCUT2D eigenvalue weighted by atomic mass is 9.99. The van der Waals surface area contributed by atoms with Gasteiger partial charge >= 0.3 is 5.97 Å². The van der Waals surface area contributed by atoms with Gasteiger partial charge in [0.1, 0.15) is 0 Å². The van der Waals surface area contributed by atoms with Crippen LogP contribution in [0.2, 0.25) is 0 Å². The molecule has 0 aromatic heterocycles. The summed E-state index contributed by atoms with van der Waals surface area (Å²) in [5.41, 5.74) is 0. The van der Waals surface area contributed by atoms with E-state index in [1.807, 2.05) is 0 Å². The van der Waals surface area contributed by atoms with Gasteiger partial charge in [-0.15, -0.1) is 0 Å². The molecule has 0 N–H and O–H groups in total. The Balaban J connectivity index is 3.04. The summed E-state index contributed by atoms with van der Waals surface area (Å²) in [5, 5.41) is 0. The molecule has 0 saturated carbocycles. The highest BCUT2D eigenvalue weighted by Gasteiger charge is 2.00. The summed E-state index contributed by atoms with van der Waals surface area (Å²) < 4.78 is 4.66. The summed E-state index contributed by atoms with van der Waals surface area (Å²) in [5.74, 6) is 0.875. The summed E-state index contributed by atoms with van der Waals surface area (Å²) in [6, 6.07) is 0. The third-order valence-electron chi connectivity index (χ3n) is 6.75. The maximum Gasteiger partial charge on any atom is 0.305 e. The van der Waals surface area contributed by atoms with Crippen LogP contribution in [-0.2, 0) is 9.53 Å². The molecule has 0 rings (SSSR count). The second-order valence-electron chi connectivity index (χ2n) is 9.70. The Bertz CT molecular complexity index is 340. The monoisotopic (exact) mass is 424 g/mol. The van der Waals surface area contributed by atoms with Gasteiger partial charge < -0.3 is 4.74 Å². The van der Waals surface area contributed by atoms with E-state index in [-0.39, 0.29) is 5.97 Å². The summed E-state index contributed by atoms with van der Waals surface area (Å²) >= 11 is 0. The zero-order chi connectivity index (χ0) is 22.1. The number of ether oxygens (including phenoxy) is 1. The molecular formula is C28H56O2. The van der Waals surface area contributed by atoms with Crippen molar-refractivity contribution in [2.45, 2.75) is 162 Å². The van der Waals surface area contributed by atoms with Gasteiger partial charge in [-0.25, -0.2) is 0 Å². The molecule has 0 amide bonds. The van der Waals surface area contributed by atoms with E-state index in [4.69, 9.17) is 0 Å². The molecule has 0 fully saturated rings. The predicted molar refractivity (Wildman–Crippen MR) is 133 cm³/mol. The van der Waals surface area contributed by atoms with Gasteiger partial charge in [-0.1, -0.05) is 149 Å². The topological polar surface area (TPSA) is 26.3 Å². The molecular weight excluding hydrogens is 368 g/mol. The molecule has 0 aliphatic carbocycles. The third kappa shape index (κ3) is 23.7. The van der Waals surface area contributed by atoms with E-state index < -0.39 is 0 Å². The minimum Gasteiger partial charge on any atom is -0.469 e. The van der Waals surface area contributed by atoms with Gasteiger partial charge in [0.2, 0.25) is 0 Å². The fourth-order valence-corrected chi connectivity index (χ4v) is 4.25. The van der Waals surface area contributed by atoms with E-state index >= 15 is 0 Å². The van der Waals surface area contributed by atoms with E-state index in [0.29, 0.717) is 6.42 Å². The molecule has 2 nitrogen and oxygen atoms in total. The van der Waals surface area contributed by atoms with Crippen LogP contribution in [-0.4, -0.2) is 13.1 Å². The number of esters is 1. The number of rotatable bonds is 24. The van der Waals surface area contributed by atoms with Crippen LogP contribution in [0.25, 0.3) is 0 Å². The zero-order valence-corrected chi connectivity index (χ0v) is 21.2. The summed E-state index contributed by atoms with van der Waals surface area (Å²) in [7, 11) is 1.47. The van der Waals surface area contributed by atoms with Gasteiger partial charge in [-0.2, -0.15) is 0 Å². The Hall–Kier alpha value is -0.530. The molecule has 0 aromatic rings. The molecule has 0 saturated heterocycles. The van der Waals surface area contributed by atoms with Crippen LogP contribution >= 0.6 is 0 Å². The maximum absolute atomic E-state index is 11.0. The first-order valence-corrected chi connectivity index (χ1v) is 13.8. The highest BCUT2D eigenvalue weighted by Crippen LogP contribution is 2.16. The van der Waals surface area contributed by atoms with Gasteiger partial charge in [-0.05, 0) is 12.3 Å². The van der Waals surface area contributed by atoms with Crippen molar-refractivity contribution < 1.29 is 9.53 Å². The van der Waals surface area contributed by atoms with E-state index in [9.17, 15) is 4.79 Å². The first-order chi connectivity index (χ1) is 14.7. The van der Waals surface area contributed by atoms with Crippen molar-refractivity contribution >= 4 is 5.97 Å². The molecule has 0 radical (unpaired) electrons. The van der Waals surface area contributed by atoms with Crippen LogP contribution in [0, 0.1) is 5.92 Å². The molecule has 0 aliphatic heterocycles. The molecule has 0 bridgehead atoms. The minimum absolute atomic E-state index is 0.0618. The Kier molecular flexibility index (Phi) is 24.3. The number of carbonyl (C=O) groups is 1. The number of carbonyl (C=O) groups excluding carboxylic acids is 1. The van der Waals surface area contributed by atoms with Gasteiger partial charge in [-0.3, -0.25) is 4.79 Å². The van der Waals surface area contributed by atoms with E-state index in [0.717, 1.165) is 12.3 Å². The molecule has 0 spiro atoms. The molecule has 1 unspecified atom stereocenters. The van der Waals surface area contributed by atoms with Crippen LogP contribution in [0.5, 0.6) is 0 Å². The molecule has 180 valence electrons. The molecule has 0 aliphatic rings. The number of methoxy groups -OCH3 is 1. The number of hydrogen-bond acceptors (Lipinski definition) is 2. The lowest BCUT2D eigenvalue weighted by molar-refractivity contribution is -0.140. The van der Waals surface area contributed by atoms with E-state index in [1.165, 1.54) is 142 Å². The Morgan fingerprint density at radius 2 is 0.867 bits per heavy atom. The highest BCUT2D eigenvalue weighted by atomic mass is 16.5. The fraction of sp³-hybridized carbons (Fsp3) is 0.964. The lowest BCUT2D eigenvalue weighted by Crippen LogP contribution is -1.99. The molecule has 2 heteroatoms. The van der Waals surface area contributed by atoms with Gasteiger partial charge in [0, 0.05) is 6.42 Å². The van der Waals surface area contributed by atoms with Crippen molar-refractivity contribution in [2.75, 3.05) is 7.11 Å². The van der Waals surface area contributed by atoms with Crippen LogP contribution < -0.4 is 0 Å². The minimum atomic E-state index is -0.0618. The van der Waals surface area contributed by atoms with Crippen LogP contribution in [0.15, 0.2) is 0 Å². The third-order valence-corrected chi connectivity index (χ3v) is 6.75. The second kappa shape index (κ2) is 24.7. The Morgan fingerprint density at radius 3 is 1.17 bits per heavy atom. The van der Waals surface area contributed by atoms with Crippen LogP contribution in [0.3, 0.4) is 0 Å². The average molecular weight is 425 g/mol. The summed E-state index contributed by atoms with van der Waals surface area (Å²) in [6.07, 6.45) is 31.3. The van der Waals surface area contributed by atoms with Crippen molar-refractivity contribution in [3.05, 3.63) is 0 Å². The molecule has 0 heterocycles. The van der Waals surface area contributed by atoms with Crippen molar-refractivity contribution in [3.63, 3.8) is 0 Å². The molecule has 0 aromatic carbocycles. The van der Waals surface area contributed by atoms with Crippen molar-refractivity contribution in [2.24, 2.45) is 5.92 Å².